The molecule has 1 amide bonds. The molecule has 0 bridgehead atoms. The second-order valence-corrected chi connectivity index (χ2v) is 5.49. The maximum atomic E-state index is 13.8. The summed E-state index contributed by atoms with van der Waals surface area (Å²) < 4.78 is 20.9. The van der Waals surface area contributed by atoms with E-state index < -0.39 is 11.7 Å². The number of aryl methyl sites for hydroxylation is 2. The summed E-state index contributed by atoms with van der Waals surface area (Å²) in [6.07, 6.45) is 1.80. The topological polar surface area (TPSA) is 60.4 Å². The summed E-state index contributed by atoms with van der Waals surface area (Å²) >= 11 is 1.34. The van der Waals surface area contributed by atoms with Crippen molar-refractivity contribution >= 4 is 17.2 Å². The van der Waals surface area contributed by atoms with Crippen LogP contribution in [0.15, 0.2) is 45.3 Å². The van der Waals surface area contributed by atoms with Crippen molar-refractivity contribution in [2.45, 2.75) is 6.92 Å². The third kappa shape index (κ3) is 2.62. The standard InChI is InChI=1S/C15H12FN3O2S/c1-9-12(13(20)18-15-19(2)7-8-22-15)17-14(21-9)10-5-3-4-6-11(10)16/h3-8H,1-2H3. The lowest BCUT2D eigenvalue weighted by Crippen LogP contribution is -2.13. The van der Waals surface area contributed by atoms with E-state index >= 15 is 0 Å². The number of amides is 1. The molecule has 2 aromatic heterocycles. The molecule has 1 aromatic carbocycles. The van der Waals surface area contributed by atoms with Crippen molar-refractivity contribution in [2.24, 2.45) is 12.0 Å². The molecule has 112 valence electrons. The molecule has 0 aliphatic carbocycles. The summed E-state index contributed by atoms with van der Waals surface area (Å²) in [7, 11) is 1.79. The first-order chi connectivity index (χ1) is 10.6. The zero-order valence-electron chi connectivity index (χ0n) is 11.9. The van der Waals surface area contributed by atoms with Gasteiger partial charge in [0, 0.05) is 18.6 Å². The molecular formula is C15H12FN3O2S. The number of halogens is 1. The number of carbonyl (C=O) groups is 1. The van der Waals surface area contributed by atoms with Crippen LogP contribution < -0.4 is 4.80 Å². The molecule has 7 heteroatoms. The number of oxazole rings is 1. The highest BCUT2D eigenvalue weighted by molar-refractivity contribution is 7.07. The third-order valence-corrected chi connectivity index (χ3v) is 3.91. The smallest absolute Gasteiger partial charge is 0.301 e. The Bertz CT molecular complexity index is 907. The Hall–Kier alpha value is -2.54. The van der Waals surface area contributed by atoms with Crippen LogP contribution in [-0.4, -0.2) is 15.5 Å². The van der Waals surface area contributed by atoms with E-state index in [2.05, 4.69) is 9.98 Å². The number of nitrogens with zero attached hydrogens (tertiary/aromatic N) is 3. The summed E-state index contributed by atoms with van der Waals surface area (Å²) in [5.74, 6) is -0.581. The molecule has 0 spiro atoms. The first kappa shape index (κ1) is 14.4. The molecule has 22 heavy (non-hydrogen) atoms. The number of rotatable bonds is 2. The largest absolute Gasteiger partial charge is 0.440 e. The second-order valence-electron chi connectivity index (χ2n) is 4.62. The van der Waals surface area contributed by atoms with Gasteiger partial charge in [-0.15, -0.1) is 11.3 Å². The lowest BCUT2D eigenvalue weighted by atomic mass is 10.2. The zero-order chi connectivity index (χ0) is 15.7. The van der Waals surface area contributed by atoms with Crippen molar-refractivity contribution < 1.29 is 13.6 Å². The molecular weight excluding hydrogens is 305 g/mol. The molecule has 0 aliphatic heterocycles. The summed E-state index contributed by atoms with van der Waals surface area (Å²) in [5, 5.41) is 1.83. The van der Waals surface area contributed by atoms with E-state index in [9.17, 15) is 9.18 Å². The number of thiazole rings is 1. The van der Waals surface area contributed by atoms with Gasteiger partial charge in [-0.1, -0.05) is 12.1 Å². The predicted molar refractivity (Wildman–Crippen MR) is 79.8 cm³/mol. The van der Waals surface area contributed by atoms with E-state index in [0.29, 0.717) is 10.6 Å². The van der Waals surface area contributed by atoms with Crippen LogP contribution in [0.1, 0.15) is 16.2 Å². The average Bonchev–Trinajstić information content (AvgIpc) is 3.06. The number of benzene rings is 1. The van der Waals surface area contributed by atoms with Gasteiger partial charge in [-0.3, -0.25) is 4.79 Å². The molecule has 0 radical (unpaired) electrons. The van der Waals surface area contributed by atoms with E-state index in [-0.39, 0.29) is 17.1 Å². The van der Waals surface area contributed by atoms with E-state index in [1.165, 1.54) is 17.4 Å². The van der Waals surface area contributed by atoms with Gasteiger partial charge in [0.1, 0.15) is 11.6 Å². The van der Waals surface area contributed by atoms with Crippen molar-refractivity contribution in [3.63, 3.8) is 0 Å². The van der Waals surface area contributed by atoms with Crippen LogP contribution >= 0.6 is 11.3 Å². The first-order valence-electron chi connectivity index (χ1n) is 6.48. The highest BCUT2D eigenvalue weighted by Gasteiger charge is 2.19. The molecule has 0 N–H and O–H groups in total. The van der Waals surface area contributed by atoms with Crippen molar-refractivity contribution in [2.75, 3.05) is 0 Å². The quantitative estimate of drug-likeness (QED) is 0.730. The number of hydrogen-bond acceptors (Lipinski definition) is 4. The van der Waals surface area contributed by atoms with Crippen molar-refractivity contribution in [3.8, 4) is 11.5 Å². The second kappa shape index (κ2) is 5.69. The molecule has 3 aromatic rings. The number of hydrogen-bond donors (Lipinski definition) is 0. The molecule has 0 fully saturated rings. The van der Waals surface area contributed by atoms with Crippen LogP contribution in [0.25, 0.3) is 11.5 Å². The zero-order valence-corrected chi connectivity index (χ0v) is 12.7. The predicted octanol–water partition coefficient (Wildman–Crippen LogP) is 2.93. The van der Waals surface area contributed by atoms with Gasteiger partial charge in [-0.05, 0) is 19.1 Å². The first-order valence-corrected chi connectivity index (χ1v) is 7.35. The summed E-state index contributed by atoms with van der Waals surface area (Å²) in [6, 6.07) is 6.11. The van der Waals surface area contributed by atoms with Crippen molar-refractivity contribution in [1.82, 2.24) is 9.55 Å². The van der Waals surface area contributed by atoms with Crippen LogP contribution in [-0.2, 0) is 7.05 Å². The van der Waals surface area contributed by atoms with Gasteiger partial charge in [0.25, 0.3) is 0 Å². The Labute approximate surface area is 129 Å². The highest BCUT2D eigenvalue weighted by atomic mass is 32.1. The maximum Gasteiger partial charge on any atom is 0.301 e. The fraction of sp³-hybridized carbons (Fsp3) is 0.133. The van der Waals surface area contributed by atoms with Crippen LogP contribution in [0.2, 0.25) is 0 Å². The monoisotopic (exact) mass is 317 g/mol. The Morgan fingerprint density at radius 3 is 2.86 bits per heavy atom. The van der Waals surface area contributed by atoms with E-state index in [1.807, 2.05) is 5.38 Å². The average molecular weight is 317 g/mol. The van der Waals surface area contributed by atoms with Gasteiger partial charge in [-0.2, -0.15) is 4.99 Å². The van der Waals surface area contributed by atoms with Crippen LogP contribution in [0.3, 0.4) is 0 Å². The lowest BCUT2D eigenvalue weighted by molar-refractivity contribution is 0.0992. The van der Waals surface area contributed by atoms with Gasteiger partial charge in [0.15, 0.2) is 10.5 Å². The minimum atomic E-state index is -0.512. The van der Waals surface area contributed by atoms with Crippen molar-refractivity contribution in [1.29, 1.82) is 0 Å². The van der Waals surface area contributed by atoms with Gasteiger partial charge in [0.05, 0.1) is 5.56 Å². The Kier molecular flexibility index (Phi) is 3.72. The highest BCUT2D eigenvalue weighted by Crippen LogP contribution is 2.24. The van der Waals surface area contributed by atoms with Gasteiger partial charge >= 0.3 is 5.91 Å². The van der Waals surface area contributed by atoms with E-state index in [4.69, 9.17) is 4.42 Å². The minimum Gasteiger partial charge on any atom is -0.440 e. The lowest BCUT2D eigenvalue weighted by Gasteiger charge is -1.95. The van der Waals surface area contributed by atoms with Gasteiger partial charge in [0.2, 0.25) is 5.89 Å². The fourth-order valence-electron chi connectivity index (χ4n) is 1.92. The van der Waals surface area contributed by atoms with Crippen LogP contribution in [0, 0.1) is 12.7 Å². The normalized spacial score (nSPS) is 11.9. The summed E-state index contributed by atoms with van der Waals surface area (Å²) in [6.45, 7) is 1.61. The summed E-state index contributed by atoms with van der Waals surface area (Å²) in [4.78, 5) is 20.9. The molecule has 2 heterocycles. The van der Waals surface area contributed by atoms with E-state index in [0.717, 1.165) is 0 Å². The Balaban J connectivity index is 2.02. The third-order valence-electron chi connectivity index (χ3n) is 3.06. The Morgan fingerprint density at radius 2 is 2.18 bits per heavy atom. The van der Waals surface area contributed by atoms with Crippen LogP contribution in [0.4, 0.5) is 4.39 Å². The molecule has 0 saturated carbocycles. The molecule has 0 unspecified atom stereocenters. The van der Waals surface area contributed by atoms with Gasteiger partial charge < -0.3 is 8.98 Å². The van der Waals surface area contributed by atoms with Gasteiger partial charge in [-0.25, -0.2) is 9.37 Å². The maximum absolute atomic E-state index is 13.8. The molecule has 0 atom stereocenters. The minimum absolute atomic E-state index is 0.0738. The molecule has 3 rings (SSSR count). The fourth-order valence-corrected chi connectivity index (χ4v) is 2.65. The van der Waals surface area contributed by atoms with E-state index in [1.54, 1.807) is 42.9 Å². The molecule has 0 saturated heterocycles. The van der Waals surface area contributed by atoms with Crippen LogP contribution in [0.5, 0.6) is 0 Å². The molecule has 5 nitrogen and oxygen atoms in total. The number of carbonyl (C=O) groups excluding carboxylic acids is 1. The Morgan fingerprint density at radius 1 is 1.41 bits per heavy atom. The SMILES string of the molecule is Cc1oc(-c2ccccc2F)nc1C(=O)N=c1sccn1C. The summed E-state index contributed by atoms with van der Waals surface area (Å²) in [5.41, 5.74) is 0.304. The number of aromatic nitrogens is 2. The van der Waals surface area contributed by atoms with Crippen molar-refractivity contribution in [3.05, 3.63) is 57.9 Å². The molecule has 0 aliphatic rings.